The molecule has 1 saturated heterocycles. The van der Waals surface area contributed by atoms with Crippen LogP contribution in [-0.4, -0.2) is 25.0 Å². The lowest BCUT2D eigenvalue weighted by Crippen LogP contribution is -2.36. The second-order valence-electron chi connectivity index (χ2n) is 4.57. The lowest BCUT2D eigenvalue weighted by atomic mass is 10.1. The van der Waals surface area contributed by atoms with Gasteiger partial charge in [-0.1, -0.05) is 0 Å². The molecule has 0 saturated carbocycles. The molecule has 1 atom stereocenters. The number of amides is 1. The Labute approximate surface area is 109 Å². The van der Waals surface area contributed by atoms with Gasteiger partial charge in [-0.3, -0.25) is 4.79 Å². The van der Waals surface area contributed by atoms with E-state index in [2.05, 4.69) is 10.6 Å². The maximum atomic E-state index is 13.5. The van der Waals surface area contributed by atoms with Gasteiger partial charge in [-0.05, 0) is 44.5 Å². The van der Waals surface area contributed by atoms with E-state index in [4.69, 9.17) is 0 Å². The van der Waals surface area contributed by atoms with Gasteiger partial charge < -0.3 is 10.6 Å². The highest BCUT2D eigenvalue weighted by Gasteiger charge is 2.21. The van der Waals surface area contributed by atoms with Gasteiger partial charge in [0.15, 0.2) is 17.5 Å². The number of nitrogens with one attached hydrogen (secondary N) is 2. The van der Waals surface area contributed by atoms with Crippen LogP contribution in [0.15, 0.2) is 12.1 Å². The Hall–Kier alpha value is -1.56. The normalized spacial score (nSPS) is 19.8. The average molecular weight is 272 g/mol. The Kier molecular flexibility index (Phi) is 4.42. The fourth-order valence-electron chi connectivity index (χ4n) is 2.13. The zero-order valence-corrected chi connectivity index (χ0v) is 10.3. The number of carbonyl (C=O) groups is 1. The monoisotopic (exact) mass is 272 g/mol. The van der Waals surface area contributed by atoms with Crippen molar-refractivity contribution in [2.75, 3.05) is 13.1 Å². The number of halogens is 3. The molecular weight excluding hydrogens is 257 g/mol. The third-order valence-corrected chi connectivity index (χ3v) is 3.19. The highest BCUT2D eigenvalue weighted by molar-refractivity contribution is 5.94. The second kappa shape index (κ2) is 6.06. The summed E-state index contributed by atoms with van der Waals surface area (Å²) in [5, 5.41) is 5.84. The van der Waals surface area contributed by atoms with E-state index in [0.717, 1.165) is 44.5 Å². The minimum atomic E-state index is -1.62. The fourth-order valence-corrected chi connectivity index (χ4v) is 2.13. The number of benzene rings is 1. The van der Waals surface area contributed by atoms with Crippen molar-refractivity contribution in [3.63, 3.8) is 0 Å². The molecule has 1 aliphatic rings. The standard InChI is InChI=1S/C13H15F3N2O/c14-10-4-3-9(11(15)12(10)16)13(19)18-8-2-1-6-17-7-5-8/h3-4,8,17H,1-2,5-7H2,(H,18,19). The fraction of sp³-hybridized carbons (Fsp3) is 0.462. The Morgan fingerprint density at radius 3 is 2.74 bits per heavy atom. The van der Waals surface area contributed by atoms with Crippen LogP contribution in [0.25, 0.3) is 0 Å². The van der Waals surface area contributed by atoms with Gasteiger partial charge in [0.25, 0.3) is 5.91 Å². The zero-order valence-electron chi connectivity index (χ0n) is 10.3. The third kappa shape index (κ3) is 3.26. The predicted octanol–water partition coefficient (Wildman–Crippen LogP) is 1.98. The molecule has 2 N–H and O–H groups in total. The molecule has 0 aromatic heterocycles. The summed E-state index contributed by atoms with van der Waals surface area (Å²) in [4.78, 5) is 11.8. The smallest absolute Gasteiger partial charge is 0.254 e. The van der Waals surface area contributed by atoms with Crippen molar-refractivity contribution in [1.82, 2.24) is 10.6 Å². The highest BCUT2D eigenvalue weighted by Crippen LogP contribution is 2.16. The van der Waals surface area contributed by atoms with Gasteiger partial charge in [0.1, 0.15) is 0 Å². The average Bonchev–Trinajstić information content (AvgIpc) is 2.64. The van der Waals surface area contributed by atoms with E-state index < -0.39 is 28.9 Å². The molecule has 1 amide bonds. The molecule has 1 aromatic carbocycles. The van der Waals surface area contributed by atoms with Crippen LogP contribution in [0.4, 0.5) is 13.2 Å². The quantitative estimate of drug-likeness (QED) is 0.808. The number of carbonyl (C=O) groups excluding carboxylic acids is 1. The van der Waals surface area contributed by atoms with Crippen LogP contribution in [-0.2, 0) is 0 Å². The van der Waals surface area contributed by atoms with E-state index in [1.54, 1.807) is 0 Å². The topological polar surface area (TPSA) is 41.1 Å². The highest BCUT2D eigenvalue weighted by atomic mass is 19.2. The molecule has 2 rings (SSSR count). The first-order valence-corrected chi connectivity index (χ1v) is 6.24. The van der Waals surface area contributed by atoms with Crippen molar-refractivity contribution >= 4 is 5.91 Å². The van der Waals surface area contributed by atoms with Crippen molar-refractivity contribution in [3.05, 3.63) is 35.1 Å². The zero-order chi connectivity index (χ0) is 13.8. The van der Waals surface area contributed by atoms with Crippen LogP contribution < -0.4 is 10.6 Å². The van der Waals surface area contributed by atoms with Gasteiger partial charge in [-0.25, -0.2) is 13.2 Å². The molecule has 1 aromatic rings. The molecule has 0 bridgehead atoms. The van der Waals surface area contributed by atoms with Crippen molar-refractivity contribution in [1.29, 1.82) is 0 Å². The molecule has 0 spiro atoms. The minimum Gasteiger partial charge on any atom is -0.349 e. The van der Waals surface area contributed by atoms with E-state index in [-0.39, 0.29) is 6.04 Å². The number of rotatable bonds is 2. The van der Waals surface area contributed by atoms with Gasteiger partial charge in [0, 0.05) is 6.04 Å². The van der Waals surface area contributed by atoms with Crippen molar-refractivity contribution in [3.8, 4) is 0 Å². The van der Waals surface area contributed by atoms with Crippen LogP contribution in [0.3, 0.4) is 0 Å². The summed E-state index contributed by atoms with van der Waals surface area (Å²) in [6.07, 6.45) is 2.42. The molecule has 1 unspecified atom stereocenters. The van der Waals surface area contributed by atoms with E-state index in [1.807, 2.05) is 0 Å². The molecule has 6 heteroatoms. The summed E-state index contributed by atoms with van der Waals surface area (Å²) in [5.41, 5.74) is -0.462. The van der Waals surface area contributed by atoms with Crippen molar-refractivity contribution < 1.29 is 18.0 Å². The summed E-state index contributed by atoms with van der Waals surface area (Å²) in [5.74, 6) is -5.06. The van der Waals surface area contributed by atoms with Crippen LogP contribution in [0.5, 0.6) is 0 Å². The molecule has 1 fully saturated rings. The first kappa shape index (κ1) is 13.9. The maximum absolute atomic E-state index is 13.5. The van der Waals surface area contributed by atoms with E-state index >= 15 is 0 Å². The molecule has 1 heterocycles. The summed E-state index contributed by atoms with van der Waals surface area (Å²) in [6.45, 7) is 1.65. The molecular formula is C13H15F3N2O. The first-order valence-electron chi connectivity index (χ1n) is 6.24. The van der Waals surface area contributed by atoms with Crippen molar-refractivity contribution in [2.24, 2.45) is 0 Å². The SMILES string of the molecule is O=C(NC1CCCNCC1)c1ccc(F)c(F)c1F. The van der Waals surface area contributed by atoms with Gasteiger partial charge in [0.2, 0.25) is 0 Å². The second-order valence-corrected chi connectivity index (χ2v) is 4.57. The summed E-state index contributed by atoms with van der Waals surface area (Å²) in [7, 11) is 0. The summed E-state index contributed by atoms with van der Waals surface area (Å²) >= 11 is 0. The van der Waals surface area contributed by atoms with Crippen molar-refractivity contribution in [2.45, 2.75) is 25.3 Å². The minimum absolute atomic E-state index is 0.0741. The van der Waals surface area contributed by atoms with E-state index in [1.165, 1.54) is 0 Å². The largest absolute Gasteiger partial charge is 0.349 e. The Bertz CT molecular complexity index is 471. The number of hydrogen-bond acceptors (Lipinski definition) is 2. The molecule has 1 aliphatic heterocycles. The predicted molar refractivity (Wildman–Crippen MR) is 64.3 cm³/mol. The van der Waals surface area contributed by atoms with Crippen LogP contribution in [0, 0.1) is 17.5 Å². The molecule has 0 aliphatic carbocycles. The lowest BCUT2D eigenvalue weighted by Gasteiger charge is -2.16. The summed E-state index contributed by atoms with van der Waals surface area (Å²) in [6, 6.07) is 1.63. The van der Waals surface area contributed by atoms with Gasteiger partial charge >= 0.3 is 0 Å². The number of hydrogen-bond donors (Lipinski definition) is 2. The molecule has 19 heavy (non-hydrogen) atoms. The Morgan fingerprint density at radius 2 is 1.95 bits per heavy atom. The Balaban J connectivity index is 2.09. The van der Waals surface area contributed by atoms with Gasteiger partial charge in [-0.2, -0.15) is 0 Å². The third-order valence-electron chi connectivity index (χ3n) is 3.19. The first-order chi connectivity index (χ1) is 9.09. The lowest BCUT2D eigenvalue weighted by molar-refractivity contribution is 0.0928. The van der Waals surface area contributed by atoms with Gasteiger partial charge in [0.05, 0.1) is 5.56 Å². The van der Waals surface area contributed by atoms with Crippen LogP contribution in [0.2, 0.25) is 0 Å². The molecule has 3 nitrogen and oxygen atoms in total. The molecule has 104 valence electrons. The van der Waals surface area contributed by atoms with Gasteiger partial charge in [-0.15, -0.1) is 0 Å². The van der Waals surface area contributed by atoms with E-state index in [9.17, 15) is 18.0 Å². The Morgan fingerprint density at radius 1 is 1.16 bits per heavy atom. The summed E-state index contributed by atoms with van der Waals surface area (Å²) < 4.78 is 39.3. The van der Waals surface area contributed by atoms with Crippen LogP contribution in [0.1, 0.15) is 29.6 Å². The maximum Gasteiger partial charge on any atom is 0.254 e. The molecule has 0 radical (unpaired) electrons. The van der Waals surface area contributed by atoms with E-state index in [0.29, 0.717) is 0 Å². The van der Waals surface area contributed by atoms with Crippen LogP contribution >= 0.6 is 0 Å².